The highest BCUT2D eigenvalue weighted by molar-refractivity contribution is 6.32. The van der Waals surface area contributed by atoms with Crippen LogP contribution in [0.15, 0.2) is 111 Å². The van der Waals surface area contributed by atoms with Gasteiger partial charge in [-0.3, -0.25) is 28.8 Å². The highest BCUT2D eigenvalue weighted by Crippen LogP contribution is 2.31. The van der Waals surface area contributed by atoms with Gasteiger partial charge in [0.2, 0.25) is 12.1 Å². The number of ketones is 2. The van der Waals surface area contributed by atoms with Crippen LogP contribution < -0.4 is 30.7 Å². The van der Waals surface area contributed by atoms with Crippen molar-refractivity contribution in [2.45, 2.75) is 44.7 Å². The lowest BCUT2D eigenvalue weighted by Crippen LogP contribution is -2.32. The summed E-state index contributed by atoms with van der Waals surface area (Å²) in [5.41, 5.74) is 3.73. The van der Waals surface area contributed by atoms with Crippen LogP contribution in [0.5, 0.6) is 11.5 Å². The van der Waals surface area contributed by atoms with E-state index in [1.165, 1.54) is 68.8 Å². The molecule has 0 aromatic heterocycles. The summed E-state index contributed by atoms with van der Waals surface area (Å²) in [6, 6.07) is 20.0. The van der Waals surface area contributed by atoms with Crippen LogP contribution in [0.2, 0.25) is 10.0 Å². The highest BCUT2D eigenvalue weighted by Gasteiger charge is 2.26. The van der Waals surface area contributed by atoms with Crippen molar-refractivity contribution in [3.05, 3.63) is 129 Å². The number of nitrogens with one attached hydrogen (secondary N) is 4. The molecule has 0 spiro atoms. The minimum atomic E-state index is -1.63. The number of hydrogen-bond donors (Lipinski definition) is 4. The quantitative estimate of drug-likeness (QED) is 0.0314. The molecule has 5 aromatic rings. The lowest BCUT2D eigenvalue weighted by atomic mass is 10.1. The molecule has 4 N–H and O–H groups in total. The number of amides is 4. The predicted molar refractivity (Wildman–Crippen MR) is 265 cm³/mol. The van der Waals surface area contributed by atoms with Crippen LogP contribution in [0.1, 0.15) is 51.3 Å². The number of aryl methyl sites for hydroxylation is 2. The number of anilines is 4. The molecule has 4 amide bonds. The second kappa shape index (κ2) is 25.1. The summed E-state index contributed by atoms with van der Waals surface area (Å²) in [6.07, 6.45) is 1.22. The van der Waals surface area contributed by atoms with Gasteiger partial charge >= 0.3 is 0 Å². The summed E-state index contributed by atoms with van der Waals surface area (Å²) >= 11 is 30.6. The second-order valence-corrected chi connectivity index (χ2v) is 16.6. The van der Waals surface area contributed by atoms with Crippen molar-refractivity contribution < 1.29 is 38.2 Å². The van der Waals surface area contributed by atoms with Gasteiger partial charge in [0.05, 0.1) is 37.0 Å². The Bertz CT molecular complexity index is 2790. The minimum absolute atomic E-state index is 0.0820. The molecule has 21 heteroatoms. The zero-order valence-corrected chi connectivity index (χ0v) is 40.6. The van der Waals surface area contributed by atoms with E-state index in [1.807, 2.05) is 12.1 Å². The summed E-state index contributed by atoms with van der Waals surface area (Å²) in [7, 11) is 2.94. The van der Waals surface area contributed by atoms with Crippen molar-refractivity contribution in [1.29, 1.82) is 0 Å². The lowest BCUT2D eigenvalue weighted by Gasteiger charge is -2.15. The van der Waals surface area contributed by atoms with Gasteiger partial charge in [-0.2, -0.15) is 20.5 Å². The summed E-state index contributed by atoms with van der Waals surface area (Å²) < 4.78 is 10.9. The van der Waals surface area contributed by atoms with Crippen LogP contribution in [0, 0.1) is 0 Å². The topological polar surface area (TPSA) is 218 Å². The fourth-order valence-electron chi connectivity index (χ4n) is 6.32. The largest absolute Gasteiger partial charge is 0.495 e. The van der Waals surface area contributed by atoms with E-state index in [0.717, 1.165) is 25.0 Å². The molecule has 16 nitrogen and oxygen atoms in total. The van der Waals surface area contributed by atoms with Gasteiger partial charge in [0.1, 0.15) is 11.5 Å². The van der Waals surface area contributed by atoms with Crippen LogP contribution in [0.25, 0.3) is 0 Å². The Morgan fingerprint density at radius 2 is 0.985 bits per heavy atom. The normalized spacial score (nSPS) is 12.0. The molecule has 0 fully saturated rings. The molecule has 2 atom stereocenters. The monoisotopic (exact) mass is 1020 g/mol. The zero-order valence-electron chi connectivity index (χ0n) is 36.8. The van der Waals surface area contributed by atoms with Gasteiger partial charge in [-0.25, -0.2) is 0 Å². The number of methoxy groups -OCH3 is 2. The first-order valence-electron chi connectivity index (χ1n) is 20.4. The number of halogens is 5. The van der Waals surface area contributed by atoms with E-state index in [0.29, 0.717) is 53.0 Å². The Labute approximate surface area is 416 Å². The van der Waals surface area contributed by atoms with E-state index < -0.39 is 47.3 Å². The lowest BCUT2D eigenvalue weighted by molar-refractivity contribution is -0.127. The first kappa shape index (κ1) is 52.5. The van der Waals surface area contributed by atoms with Gasteiger partial charge in [-0.1, -0.05) is 35.3 Å². The number of ether oxygens (including phenoxy) is 2. The van der Waals surface area contributed by atoms with Crippen molar-refractivity contribution in [2.75, 3.05) is 47.2 Å². The molecular formula is C47H43Cl5N8O8. The molecule has 0 aliphatic rings. The van der Waals surface area contributed by atoms with Crippen LogP contribution in [-0.2, 0) is 37.9 Å². The van der Waals surface area contributed by atoms with Crippen molar-refractivity contribution in [3.8, 4) is 11.5 Å². The molecule has 0 bridgehead atoms. The average molecular weight is 1030 g/mol. The number of benzene rings is 5. The van der Waals surface area contributed by atoms with E-state index in [-0.39, 0.29) is 49.8 Å². The molecule has 68 heavy (non-hydrogen) atoms. The van der Waals surface area contributed by atoms with Gasteiger partial charge in [-0.05, 0) is 122 Å². The number of azo groups is 2. The number of Topliss-reactive ketones (excluding diaryl/α,β-unsaturated/α-hetero) is 2. The molecule has 354 valence electrons. The molecule has 0 aliphatic heterocycles. The Kier molecular flexibility index (Phi) is 19.4. The fraction of sp³-hybridized carbons (Fsp3) is 0.234. The first-order chi connectivity index (χ1) is 32.5. The van der Waals surface area contributed by atoms with Crippen molar-refractivity contribution >= 4 is 127 Å². The van der Waals surface area contributed by atoms with Gasteiger partial charge in [0, 0.05) is 50.2 Å². The zero-order chi connectivity index (χ0) is 49.5. The molecule has 0 saturated heterocycles. The standard InChI is InChI=1S/C47H43Cl5N8O8/c1-25(61)42(59-57-35-19-29(17-32(51)22-35)44(63)55-38-8-5-27(11-13-48)15-40(38)67-3)46(65)53-34-7-10-37(31(21-34)24-50)54-47(66)43(26(2)62)60-58-36-20-30(18-33(52)23-36)45(64)56-39-9-6-28(12-14-49)16-41(39)68-4/h5-10,15-23,42-43H,11-14,24H2,1-4H3,(H,53,65)(H,54,66)(H,55,63)(H,56,64). The van der Waals surface area contributed by atoms with Gasteiger partial charge in [0.25, 0.3) is 23.6 Å². The maximum absolute atomic E-state index is 13.4. The number of nitrogens with zero attached hydrogens (tertiary/aromatic N) is 4. The first-order valence-corrected chi connectivity index (χ1v) is 22.7. The Balaban J connectivity index is 1.25. The highest BCUT2D eigenvalue weighted by atomic mass is 35.5. The summed E-state index contributed by atoms with van der Waals surface area (Å²) in [5.74, 6) is -2.57. The number of hydrogen-bond acceptors (Lipinski definition) is 12. The van der Waals surface area contributed by atoms with E-state index >= 15 is 0 Å². The molecule has 5 rings (SSSR count). The van der Waals surface area contributed by atoms with Crippen molar-refractivity contribution in [2.24, 2.45) is 20.5 Å². The molecule has 0 heterocycles. The Hall–Kier alpha value is -6.43. The van der Waals surface area contributed by atoms with Crippen LogP contribution in [0.3, 0.4) is 0 Å². The summed E-state index contributed by atoms with van der Waals surface area (Å²) in [5, 5.41) is 27.1. The Morgan fingerprint density at radius 3 is 1.40 bits per heavy atom. The third-order valence-corrected chi connectivity index (χ3v) is 10.8. The third-order valence-electron chi connectivity index (χ3n) is 9.70. The maximum Gasteiger partial charge on any atom is 0.258 e. The number of carbonyl (C=O) groups excluding carboxylic acids is 6. The third kappa shape index (κ3) is 14.5. The van der Waals surface area contributed by atoms with Crippen LogP contribution >= 0.6 is 58.0 Å². The van der Waals surface area contributed by atoms with Gasteiger partial charge < -0.3 is 30.7 Å². The number of carbonyl (C=O) groups is 6. The van der Waals surface area contributed by atoms with Crippen LogP contribution in [-0.4, -0.2) is 73.3 Å². The van der Waals surface area contributed by atoms with Gasteiger partial charge in [-0.15, -0.1) is 34.8 Å². The van der Waals surface area contributed by atoms with E-state index in [9.17, 15) is 28.8 Å². The molecule has 2 unspecified atom stereocenters. The number of alkyl halides is 3. The van der Waals surface area contributed by atoms with E-state index in [1.54, 1.807) is 24.3 Å². The maximum atomic E-state index is 13.4. The molecule has 0 saturated carbocycles. The molecular weight excluding hydrogens is 982 g/mol. The van der Waals surface area contributed by atoms with Crippen molar-refractivity contribution in [3.63, 3.8) is 0 Å². The molecule has 5 aromatic carbocycles. The van der Waals surface area contributed by atoms with E-state index in [2.05, 4.69) is 41.7 Å². The second-order valence-electron chi connectivity index (χ2n) is 14.7. The van der Waals surface area contributed by atoms with Crippen molar-refractivity contribution in [1.82, 2.24) is 0 Å². The smallest absolute Gasteiger partial charge is 0.258 e. The summed E-state index contributed by atoms with van der Waals surface area (Å²) in [4.78, 5) is 78.6. The molecule has 0 radical (unpaired) electrons. The minimum Gasteiger partial charge on any atom is -0.495 e. The van der Waals surface area contributed by atoms with Gasteiger partial charge in [0.15, 0.2) is 11.6 Å². The van der Waals surface area contributed by atoms with E-state index in [4.69, 9.17) is 67.5 Å². The summed E-state index contributed by atoms with van der Waals surface area (Å²) in [6.45, 7) is 2.31. The SMILES string of the molecule is COc1cc(CCCl)ccc1NC(=O)c1cc(Cl)cc(N=NC(C(C)=O)C(=O)Nc2ccc(NC(=O)C(N=Nc3cc(Cl)cc(C(=O)Nc4ccc(CCCl)cc4OC)c3)C(C)=O)c(CCl)c2)c1. The molecule has 0 aliphatic carbocycles. The predicted octanol–water partition coefficient (Wildman–Crippen LogP) is 11.2. The number of rotatable bonds is 21. The fourth-order valence-corrected chi connectivity index (χ4v) is 7.44. The average Bonchev–Trinajstić information content (AvgIpc) is 3.30. The van der Waals surface area contributed by atoms with Crippen LogP contribution in [0.4, 0.5) is 34.1 Å². The Morgan fingerprint density at radius 1 is 0.544 bits per heavy atom.